The minimum Gasteiger partial charge on any atom is -0.496 e. The molecule has 8 heteroatoms. The number of carbonyl (C=O) groups excluding carboxylic acids is 1. The van der Waals surface area contributed by atoms with Gasteiger partial charge < -0.3 is 14.8 Å². The normalized spacial score (nSPS) is 10.2. The first kappa shape index (κ1) is 18.8. The molecule has 1 amide bonds. The first-order chi connectivity index (χ1) is 13.5. The van der Waals surface area contributed by atoms with E-state index in [4.69, 9.17) is 9.47 Å². The van der Waals surface area contributed by atoms with Crippen LogP contribution < -0.4 is 14.8 Å². The second-order valence-electron chi connectivity index (χ2n) is 5.75. The van der Waals surface area contributed by atoms with Gasteiger partial charge in [-0.3, -0.25) is 19.9 Å². The highest BCUT2D eigenvalue weighted by Crippen LogP contribution is 2.40. The smallest absolute Gasteiger partial charge is 0.270 e. The SMILES string of the molecule is COc1cc(NC(=O)c2cccc([N+](=O)[O-])c2)cc(OC)c1-c1ccncc1. The Morgan fingerprint density at radius 3 is 2.25 bits per heavy atom. The predicted molar refractivity (Wildman–Crippen MR) is 104 cm³/mol. The minimum atomic E-state index is -0.549. The molecule has 1 N–H and O–H groups in total. The summed E-state index contributed by atoms with van der Waals surface area (Å²) in [4.78, 5) is 26.9. The molecule has 0 spiro atoms. The molecule has 3 aromatic rings. The van der Waals surface area contributed by atoms with Crippen LogP contribution >= 0.6 is 0 Å². The van der Waals surface area contributed by atoms with Gasteiger partial charge >= 0.3 is 0 Å². The molecule has 0 aliphatic heterocycles. The largest absolute Gasteiger partial charge is 0.496 e. The molecule has 0 saturated heterocycles. The van der Waals surface area contributed by atoms with Crippen molar-refractivity contribution in [1.82, 2.24) is 4.98 Å². The van der Waals surface area contributed by atoms with Crippen LogP contribution in [0.25, 0.3) is 11.1 Å². The lowest BCUT2D eigenvalue weighted by Gasteiger charge is -2.16. The zero-order chi connectivity index (χ0) is 20.1. The summed E-state index contributed by atoms with van der Waals surface area (Å²) in [5.74, 6) is 0.518. The van der Waals surface area contributed by atoms with Gasteiger partial charge in [-0.1, -0.05) is 6.07 Å². The molecule has 0 aliphatic carbocycles. The molecule has 28 heavy (non-hydrogen) atoms. The van der Waals surface area contributed by atoms with Gasteiger partial charge in [0.2, 0.25) is 0 Å². The maximum Gasteiger partial charge on any atom is 0.270 e. The van der Waals surface area contributed by atoms with E-state index in [0.29, 0.717) is 17.2 Å². The maximum absolute atomic E-state index is 12.5. The van der Waals surface area contributed by atoms with Gasteiger partial charge in [0.1, 0.15) is 11.5 Å². The number of hydrogen-bond donors (Lipinski definition) is 1. The van der Waals surface area contributed by atoms with Crippen molar-refractivity contribution in [3.05, 3.63) is 76.6 Å². The van der Waals surface area contributed by atoms with E-state index in [2.05, 4.69) is 10.3 Å². The van der Waals surface area contributed by atoms with Gasteiger partial charge in [-0.15, -0.1) is 0 Å². The number of rotatable bonds is 6. The average Bonchev–Trinajstić information content (AvgIpc) is 2.73. The standard InChI is InChI=1S/C20H17N3O5/c1-27-17-11-15(12-18(28-2)19(17)13-6-8-21-9-7-13)22-20(24)14-4-3-5-16(10-14)23(25)26/h3-12H,1-2H3,(H,22,24). The molecule has 0 fully saturated rings. The first-order valence-electron chi connectivity index (χ1n) is 8.25. The number of nitro groups is 1. The van der Waals surface area contributed by atoms with Crippen molar-refractivity contribution < 1.29 is 19.2 Å². The Bertz CT molecular complexity index is 996. The number of amides is 1. The molecule has 142 valence electrons. The number of methoxy groups -OCH3 is 2. The van der Waals surface area contributed by atoms with Crippen molar-refractivity contribution in [3.8, 4) is 22.6 Å². The van der Waals surface area contributed by atoms with Crippen LogP contribution in [-0.2, 0) is 0 Å². The Hall–Kier alpha value is -3.94. The topological polar surface area (TPSA) is 104 Å². The van der Waals surface area contributed by atoms with Gasteiger partial charge in [-0.25, -0.2) is 0 Å². The highest BCUT2D eigenvalue weighted by atomic mass is 16.6. The third kappa shape index (κ3) is 3.90. The molecular formula is C20H17N3O5. The molecule has 0 atom stereocenters. The first-order valence-corrected chi connectivity index (χ1v) is 8.25. The second kappa shape index (κ2) is 8.17. The van der Waals surface area contributed by atoms with Crippen molar-refractivity contribution in [3.63, 3.8) is 0 Å². The van der Waals surface area contributed by atoms with Crippen molar-refractivity contribution in [2.45, 2.75) is 0 Å². The summed E-state index contributed by atoms with van der Waals surface area (Å²) >= 11 is 0. The van der Waals surface area contributed by atoms with Crippen LogP contribution in [-0.4, -0.2) is 30.0 Å². The number of benzene rings is 2. The number of aromatic nitrogens is 1. The van der Waals surface area contributed by atoms with Crippen LogP contribution in [0, 0.1) is 10.1 Å². The van der Waals surface area contributed by atoms with Crippen LogP contribution in [0.4, 0.5) is 11.4 Å². The molecule has 3 rings (SSSR count). The number of non-ortho nitro benzene ring substituents is 1. The summed E-state index contributed by atoms with van der Waals surface area (Å²) in [5.41, 5.74) is 2.02. The van der Waals surface area contributed by atoms with E-state index in [-0.39, 0.29) is 11.3 Å². The van der Waals surface area contributed by atoms with Crippen molar-refractivity contribution in [2.75, 3.05) is 19.5 Å². The van der Waals surface area contributed by atoms with E-state index in [1.807, 2.05) is 12.1 Å². The zero-order valence-corrected chi connectivity index (χ0v) is 15.2. The van der Waals surface area contributed by atoms with Crippen LogP contribution in [0.1, 0.15) is 10.4 Å². The van der Waals surface area contributed by atoms with Crippen molar-refractivity contribution >= 4 is 17.3 Å². The summed E-state index contributed by atoms with van der Waals surface area (Å²) in [6, 6.07) is 12.5. The van der Waals surface area contributed by atoms with Crippen LogP contribution in [0.15, 0.2) is 60.9 Å². The van der Waals surface area contributed by atoms with Gasteiger partial charge in [0.15, 0.2) is 0 Å². The fourth-order valence-corrected chi connectivity index (χ4v) is 2.75. The third-order valence-corrected chi connectivity index (χ3v) is 4.05. The Morgan fingerprint density at radius 2 is 1.68 bits per heavy atom. The summed E-state index contributed by atoms with van der Waals surface area (Å²) in [5, 5.41) is 13.6. The number of pyridine rings is 1. The highest BCUT2D eigenvalue weighted by molar-refractivity contribution is 6.05. The fraction of sp³-hybridized carbons (Fsp3) is 0.100. The highest BCUT2D eigenvalue weighted by Gasteiger charge is 2.17. The molecule has 0 saturated carbocycles. The predicted octanol–water partition coefficient (Wildman–Crippen LogP) is 3.93. The molecule has 0 bridgehead atoms. The number of anilines is 1. The van der Waals surface area contributed by atoms with Gasteiger partial charge in [0, 0.05) is 47.9 Å². The summed E-state index contributed by atoms with van der Waals surface area (Å²) in [7, 11) is 3.04. The Morgan fingerprint density at radius 1 is 1.04 bits per heavy atom. The summed E-state index contributed by atoms with van der Waals surface area (Å²) in [6.45, 7) is 0. The van der Waals surface area contributed by atoms with Crippen LogP contribution in [0.3, 0.4) is 0 Å². The van der Waals surface area contributed by atoms with Crippen molar-refractivity contribution in [1.29, 1.82) is 0 Å². The van der Waals surface area contributed by atoms with Crippen molar-refractivity contribution in [2.24, 2.45) is 0 Å². The van der Waals surface area contributed by atoms with Crippen LogP contribution in [0.2, 0.25) is 0 Å². The van der Waals surface area contributed by atoms with E-state index >= 15 is 0 Å². The number of carbonyl (C=O) groups is 1. The lowest BCUT2D eigenvalue weighted by molar-refractivity contribution is -0.384. The summed E-state index contributed by atoms with van der Waals surface area (Å²) in [6.07, 6.45) is 3.32. The molecule has 0 radical (unpaired) electrons. The lowest BCUT2D eigenvalue weighted by atomic mass is 10.0. The number of nitrogens with one attached hydrogen (secondary N) is 1. The average molecular weight is 379 g/mol. The van der Waals surface area contributed by atoms with E-state index in [1.54, 1.807) is 24.5 Å². The molecular weight excluding hydrogens is 362 g/mol. The molecule has 8 nitrogen and oxygen atoms in total. The Labute approximate surface area is 160 Å². The van der Waals surface area contributed by atoms with E-state index in [1.165, 1.54) is 38.5 Å². The van der Waals surface area contributed by atoms with E-state index in [0.717, 1.165) is 11.1 Å². The van der Waals surface area contributed by atoms with E-state index in [9.17, 15) is 14.9 Å². The third-order valence-electron chi connectivity index (χ3n) is 4.05. The van der Waals surface area contributed by atoms with Gasteiger partial charge in [0.05, 0.1) is 24.7 Å². The Balaban J connectivity index is 1.96. The number of ether oxygens (including phenoxy) is 2. The van der Waals surface area contributed by atoms with Gasteiger partial charge in [-0.05, 0) is 23.8 Å². The minimum absolute atomic E-state index is 0.157. The van der Waals surface area contributed by atoms with Gasteiger partial charge in [0.25, 0.3) is 11.6 Å². The summed E-state index contributed by atoms with van der Waals surface area (Å²) < 4.78 is 11.0. The molecule has 0 unspecified atom stereocenters. The van der Waals surface area contributed by atoms with E-state index < -0.39 is 10.8 Å². The lowest BCUT2D eigenvalue weighted by Crippen LogP contribution is -2.12. The fourth-order valence-electron chi connectivity index (χ4n) is 2.75. The number of nitro benzene ring substituents is 1. The van der Waals surface area contributed by atoms with Gasteiger partial charge in [-0.2, -0.15) is 0 Å². The maximum atomic E-state index is 12.5. The monoisotopic (exact) mass is 379 g/mol. The zero-order valence-electron chi connectivity index (χ0n) is 15.2. The number of hydrogen-bond acceptors (Lipinski definition) is 6. The van der Waals surface area contributed by atoms with Crippen LogP contribution in [0.5, 0.6) is 11.5 Å². The quantitative estimate of drug-likeness (QED) is 0.514. The molecule has 2 aromatic carbocycles. The second-order valence-corrected chi connectivity index (χ2v) is 5.75. The number of nitrogens with zero attached hydrogens (tertiary/aromatic N) is 2. The molecule has 1 aromatic heterocycles. The molecule has 1 heterocycles. The molecule has 0 aliphatic rings. The Kier molecular flexibility index (Phi) is 5.50.